The molecule has 106 valence electrons. The SMILES string of the molecule is CCCC(CC(=O)O)NC(=O)N(C)CC(C)CC. The van der Waals surface area contributed by atoms with Crippen molar-refractivity contribution in [3.8, 4) is 0 Å². The number of rotatable bonds is 8. The standard InChI is InChI=1S/C13H26N2O3/c1-5-7-11(8-12(16)17)14-13(18)15(4)9-10(3)6-2/h10-11H,5-9H2,1-4H3,(H,14,18)(H,16,17). The average molecular weight is 258 g/mol. The van der Waals surface area contributed by atoms with Crippen molar-refractivity contribution in [3.63, 3.8) is 0 Å². The van der Waals surface area contributed by atoms with Crippen LogP contribution < -0.4 is 5.32 Å². The third kappa shape index (κ3) is 7.14. The lowest BCUT2D eigenvalue weighted by atomic mass is 10.1. The molecular weight excluding hydrogens is 232 g/mol. The predicted molar refractivity (Wildman–Crippen MR) is 71.6 cm³/mol. The van der Waals surface area contributed by atoms with Crippen molar-refractivity contribution in [1.82, 2.24) is 10.2 Å². The maximum absolute atomic E-state index is 11.9. The zero-order valence-electron chi connectivity index (χ0n) is 11.9. The normalized spacial score (nSPS) is 13.8. The quantitative estimate of drug-likeness (QED) is 0.702. The molecule has 0 aliphatic rings. The van der Waals surface area contributed by atoms with E-state index in [0.29, 0.717) is 18.9 Å². The minimum Gasteiger partial charge on any atom is -0.481 e. The van der Waals surface area contributed by atoms with E-state index in [4.69, 9.17) is 5.11 Å². The summed E-state index contributed by atoms with van der Waals surface area (Å²) in [5.74, 6) is -0.428. The zero-order chi connectivity index (χ0) is 14.1. The third-order valence-electron chi connectivity index (χ3n) is 3.01. The lowest BCUT2D eigenvalue weighted by Crippen LogP contribution is -2.45. The van der Waals surface area contributed by atoms with E-state index in [0.717, 1.165) is 12.8 Å². The smallest absolute Gasteiger partial charge is 0.317 e. The lowest BCUT2D eigenvalue weighted by Gasteiger charge is -2.24. The molecule has 0 rings (SSSR count). The number of urea groups is 1. The largest absolute Gasteiger partial charge is 0.481 e. The van der Waals surface area contributed by atoms with E-state index in [2.05, 4.69) is 19.2 Å². The molecule has 2 unspecified atom stereocenters. The Hall–Kier alpha value is -1.26. The second kappa shape index (κ2) is 8.78. The highest BCUT2D eigenvalue weighted by atomic mass is 16.4. The minimum absolute atomic E-state index is 0.0171. The number of nitrogens with one attached hydrogen (secondary N) is 1. The predicted octanol–water partition coefficient (Wildman–Crippen LogP) is 2.32. The van der Waals surface area contributed by atoms with E-state index in [9.17, 15) is 9.59 Å². The minimum atomic E-state index is -0.877. The zero-order valence-corrected chi connectivity index (χ0v) is 11.9. The number of hydrogen-bond acceptors (Lipinski definition) is 2. The van der Waals surface area contributed by atoms with Crippen LogP contribution in [-0.4, -0.2) is 41.6 Å². The van der Waals surface area contributed by atoms with Crippen LogP contribution in [0.5, 0.6) is 0 Å². The fourth-order valence-corrected chi connectivity index (χ4v) is 1.75. The number of carbonyl (C=O) groups is 2. The van der Waals surface area contributed by atoms with Crippen LogP contribution >= 0.6 is 0 Å². The van der Waals surface area contributed by atoms with Crippen LogP contribution in [0.25, 0.3) is 0 Å². The molecule has 0 aromatic heterocycles. The van der Waals surface area contributed by atoms with Gasteiger partial charge in [-0.2, -0.15) is 0 Å². The molecule has 0 aliphatic carbocycles. The molecular formula is C13H26N2O3. The van der Waals surface area contributed by atoms with Gasteiger partial charge in [0.25, 0.3) is 0 Å². The molecule has 5 heteroatoms. The number of carboxylic acid groups (broad SMARTS) is 1. The average Bonchev–Trinajstić information content (AvgIpc) is 2.28. The Kier molecular flexibility index (Phi) is 8.16. The van der Waals surface area contributed by atoms with Gasteiger partial charge in [-0.25, -0.2) is 4.79 Å². The van der Waals surface area contributed by atoms with Crippen LogP contribution in [0.15, 0.2) is 0 Å². The molecule has 0 radical (unpaired) electrons. The molecule has 0 aliphatic heterocycles. The van der Waals surface area contributed by atoms with Crippen molar-refractivity contribution in [3.05, 3.63) is 0 Å². The number of amides is 2. The number of carboxylic acids is 1. The van der Waals surface area contributed by atoms with Gasteiger partial charge < -0.3 is 15.3 Å². The van der Waals surface area contributed by atoms with Gasteiger partial charge in [-0.3, -0.25) is 4.79 Å². The van der Waals surface area contributed by atoms with E-state index in [1.54, 1.807) is 11.9 Å². The maximum Gasteiger partial charge on any atom is 0.317 e. The van der Waals surface area contributed by atoms with Crippen LogP contribution in [0.1, 0.15) is 46.5 Å². The van der Waals surface area contributed by atoms with Crippen molar-refractivity contribution < 1.29 is 14.7 Å². The number of carbonyl (C=O) groups excluding carboxylic acids is 1. The highest BCUT2D eigenvalue weighted by molar-refractivity contribution is 5.75. The van der Waals surface area contributed by atoms with E-state index in [-0.39, 0.29) is 18.5 Å². The van der Waals surface area contributed by atoms with E-state index >= 15 is 0 Å². The monoisotopic (exact) mass is 258 g/mol. The molecule has 2 N–H and O–H groups in total. The molecule has 18 heavy (non-hydrogen) atoms. The van der Waals surface area contributed by atoms with Gasteiger partial charge in [0.1, 0.15) is 0 Å². The van der Waals surface area contributed by atoms with Crippen molar-refractivity contribution in [2.75, 3.05) is 13.6 Å². The molecule has 0 bridgehead atoms. The van der Waals surface area contributed by atoms with Gasteiger partial charge in [-0.1, -0.05) is 33.6 Å². The first kappa shape index (κ1) is 16.7. The summed E-state index contributed by atoms with van der Waals surface area (Å²) < 4.78 is 0. The molecule has 0 spiro atoms. The molecule has 0 saturated carbocycles. The van der Waals surface area contributed by atoms with Crippen LogP contribution in [0.2, 0.25) is 0 Å². The van der Waals surface area contributed by atoms with Gasteiger partial charge >= 0.3 is 12.0 Å². The van der Waals surface area contributed by atoms with Gasteiger partial charge in [0.05, 0.1) is 6.42 Å². The Bertz CT molecular complexity index is 269. The molecule has 0 heterocycles. The molecule has 0 fully saturated rings. The van der Waals surface area contributed by atoms with Crippen molar-refractivity contribution in [1.29, 1.82) is 0 Å². The molecule has 2 amide bonds. The summed E-state index contributed by atoms with van der Waals surface area (Å²) in [7, 11) is 1.74. The molecule has 5 nitrogen and oxygen atoms in total. The molecule has 0 saturated heterocycles. The van der Waals surface area contributed by atoms with E-state index in [1.165, 1.54) is 0 Å². The lowest BCUT2D eigenvalue weighted by molar-refractivity contribution is -0.137. The van der Waals surface area contributed by atoms with Crippen LogP contribution in [0.4, 0.5) is 4.79 Å². The van der Waals surface area contributed by atoms with Crippen molar-refractivity contribution >= 4 is 12.0 Å². The van der Waals surface area contributed by atoms with Crippen LogP contribution in [-0.2, 0) is 4.79 Å². The van der Waals surface area contributed by atoms with Gasteiger partial charge in [0, 0.05) is 19.6 Å². The van der Waals surface area contributed by atoms with Crippen molar-refractivity contribution in [2.45, 2.75) is 52.5 Å². The van der Waals surface area contributed by atoms with Crippen LogP contribution in [0.3, 0.4) is 0 Å². The first-order chi connectivity index (χ1) is 8.40. The number of nitrogens with zero attached hydrogens (tertiary/aromatic N) is 1. The Morgan fingerprint density at radius 3 is 2.39 bits per heavy atom. The maximum atomic E-state index is 11.9. The topological polar surface area (TPSA) is 69.6 Å². The highest BCUT2D eigenvalue weighted by Gasteiger charge is 2.18. The third-order valence-corrected chi connectivity index (χ3v) is 3.01. The Morgan fingerprint density at radius 2 is 1.94 bits per heavy atom. The summed E-state index contributed by atoms with van der Waals surface area (Å²) in [4.78, 5) is 24.2. The van der Waals surface area contributed by atoms with Gasteiger partial charge in [0.15, 0.2) is 0 Å². The van der Waals surface area contributed by atoms with Gasteiger partial charge in [-0.05, 0) is 12.3 Å². The number of hydrogen-bond donors (Lipinski definition) is 2. The molecule has 2 atom stereocenters. The van der Waals surface area contributed by atoms with E-state index in [1.807, 2.05) is 6.92 Å². The van der Waals surface area contributed by atoms with E-state index < -0.39 is 5.97 Å². The summed E-state index contributed by atoms with van der Waals surface area (Å²) in [6, 6.07) is -0.464. The second-order valence-electron chi connectivity index (χ2n) is 4.93. The van der Waals surface area contributed by atoms with Crippen LogP contribution in [0, 0.1) is 5.92 Å². The number of aliphatic carboxylic acids is 1. The Labute approximate surface area is 110 Å². The Morgan fingerprint density at radius 1 is 1.33 bits per heavy atom. The van der Waals surface area contributed by atoms with Gasteiger partial charge in [-0.15, -0.1) is 0 Å². The second-order valence-corrected chi connectivity index (χ2v) is 4.93. The molecule has 0 aromatic rings. The highest BCUT2D eigenvalue weighted by Crippen LogP contribution is 2.05. The summed E-state index contributed by atoms with van der Waals surface area (Å²) in [6.45, 7) is 6.84. The summed E-state index contributed by atoms with van der Waals surface area (Å²) in [5.41, 5.74) is 0. The fourth-order valence-electron chi connectivity index (χ4n) is 1.75. The summed E-state index contributed by atoms with van der Waals surface area (Å²) >= 11 is 0. The first-order valence-corrected chi connectivity index (χ1v) is 6.64. The molecule has 0 aromatic carbocycles. The fraction of sp³-hybridized carbons (Fsp3) is 0.846. The Balaban J connectivity index is 4.26. The van der Waals surface area contributed by atoms with Crippen molar-refractivity contribution in [2.24, 2.45) is 5.92 Å². The summed E-state index contributed by atoms with van der Waals surface area (Å²) in [6.07, 6.45) is 2.55. The summed E-state index contributed by atoms with van der Waals surface area (Å²) in [5, 5.41) is 11.6. The first-order valence-electron chi connectivity index (χ1n) is 6.64. The van der Waals surface area contributed by atoms with Gasteiger partial charge in [0.2, 0.25) is 0 Å².